The van der Waals surface area contributed by atoms with E-state index >= 15 is 0 Å². The third-order valence-electron chi connectivity index (χ3n) is 4.90. The summed E-state index contributed by atoms with van der Waals surface area (Å²) in [5.74, 6) is 0.806. The number of Topliss-reactive ketones (excluding diaryl/α,β-unsaturated/α-hetero) is 1. The minimum atomic E-state index is -0.323. The Balaban J connectivity index is 1.68. The Morgan fingerprint density at radius 2 is 1.97 bits per heavy atom. The van der Waals surface area contributed by atoms with Crippen molar-refractivity contribution in [2.45, 2.75) is 24.8 Å². The first kappa shape index (κ1) is 21.3. The smallest absolute Gasteiger partial charge is 0.260 e. The van der Waals surface area contributed by atoms with Crippen molar-refractivity contribution in [1.29, 1.82) is 0 Å². The van der Waals surface area contributed by atoms with Gasteiger partial charge in [0.25, 0.3) is 5.56 Å². The zero-order chi connectivity index (χ0) is 22.1. The van der Waals surface area contributed by atoms with E-state index in [-0.39, 0.29) is 17.2 Å². The van der Waals surface area contributed by atoms with Crippen LogP contribution in [0.3, 0.4) is 0 Å². The van der Waals surface area contributed by atoms with E-state index in [1.54, 1.807) is 37.4 Å². The summed E-state index contributed by atoms with van der Waals surface area (Å²) in [5.41, 5.74) is 2.77. The van der Waals surface area contributed by atoms with Crippen molar-refractivity contribution in [3.8, 4) is 16.9 Å². The second-order valence-electron chi connectivity index (χ2n) is 6.96. The number of nitrogens with one attached hydrogen (secondary N) is 1. The topological polar surface area (TPSA) is 72.0 Å². The summed E-state index contributed by atoms with van der Waals surface area (Å²) < 4.78 is 18.7. The normalized spacial score (nSPS) is 11.1. The van der Waals surface area contributed by atoms with Crippen LogP contribution in [0.25, 0.3) is 21.3 Å². The third kappa shape index (κ3) is 4.26. The number of rotatable bonds is 6. The van der Waals surface area contributed by atoms with E-state index < -0.39 is 0 Å². The molecule has 0 bridgehead atoms. The highest BCUT2D eigenvalue weighted by molar-refractivity contribution is 7.98. The predicted molar refractivity (Wildman–Crippen MR) is 123 cm³/mol. The van der Waals surface area contributed by atoms with Crippen LogP contribution in [-0.4, -0.2) is 22.9 Å². The molecule has 1 N–H and O–H groups in total. The highest BCUT2D eigenvalue weighted by atomic mass is 32.2. The molecule has 5 nitrogen and oxygen atoms in total. The minimum Gasteiger partial charge on any atom is -0.496 e. The Bertz CT molecular complexity index is 1340. The molecule has 0 amide bonds. The fourth-order valence-electron chi connectivity index (χ4n) is 3.39. The van der Waals surface area contributed by atoms with E-state index in [0.717, 1.165) is 21.6 Å². The number of aromatic amines is 1. The van der Waals surface area contributed by atoms with E-state index in [1.807, 2.05) is 6.92 Å². The second kappa shape index (κ2) is 8.64. The molecule has 0 atom stereocenters. The number of benzene rings is 2. The van der Waals surface area contributed by atoms with Gasteiger partial charge in [0.2, 0.25) is 0 Å². The molecule has 0 aliphatic heterocycles. The Kier molecular flexibility index (Phi) is 5.93. The maximum absolute atomic E-state index is 13.3. The van der Waals surface area contributed by atoms with Crippen molar-refractivity contribution >= 4 is 39.1 Å². The average Bonchev–Trinajstić information content (AvgIpc) is 3.08. The Hall–Kier alpha value is -2.97. The Morgan fingerprint density at radius 1 is 1.23 bits per heavy atom. The number of nitrogens with zero attached hydrogens (tertiary/aromatic N) is 1. The number of aromatic nitrogens is 2. The summed E-state index contributed by atoms with van der Waals surface area (Å²) in [7, 11) is 1.58. The summed E-state index contributed by atoms with van der Waals surface area (Å²) in [4.78, 5) is 33.7. The lowest BCUT2D eigenvalue weighted by atomic mass is 10.0. The van der Waals surface area contributed by atoms with Gasteiger partial charge in [-0.1, -0.05) is 23.9 Å². The van der Waals surface area contributed by atoms with E-state index in [0.29, 0.717) is 32.4 Å². The van der Waals surface area contributed by atoms with Gasteiger partial charge in [-0.2, -0.15) is 0 Å². The highest BCUT2D eigenvalue weighted by Crippen LogP contribution is 2.36. The molecule has 2 aromatic carbocycles. The molecule has 8 heteroatoms. The lowest BCUT2D eigenvalue weighted by molar-refractivity contribution is 0.101. The molecule has 0 aliphatic carbocycles. The van der Waals surface area contributed by atoms with E-state index in [9.17, 15) is 14.0 Å². The first-order valence-electron chi connectivity index (χ1n) is 9.47. The van der Waals surface area contributed by atoms with Crippen LogP contribution in [0.1, 0.15) is 27.7 Å². The molecule has 4 aromatic rings. The molecule has 4 rings (SSSR count). The fraction of sp³-hybridized carbons (Fsp3) is 0.174. The van der Waals surface area contributed by atoms with Gasteiger partial charge in [0, 0.05) is 27.3 Å². The van der Waals surface area contributed by atoms with Gasteiger partial charge < -0.3 is 9.72 Å². The van der Waals surface area contributed by atoms with E-state index in [2.05, 4.69) is 9.97 Å². The molecule has 0 saturated heterocycles. The Labute approximate surface area is 186 Å². The molecule has 0 spiro atoms. The Morgan fingerprint density at radius 3 is 2.65 bits per heavy atom. The maximum atomic E-state index is 13.3. The predicted octanol–water partition coefficient (Wildman–Crippen LogP) is 5.60. The van der Waals surface area contributed by atoms with Gasteiger partial charge in [0.15, 0.2) is 10.9 Å². The van der Waals surface area contributed by atoms with Crippen LogP contribution < -0.4 is 10.3 Å². The van der Waals surface area contributed by atoms with E-state index in [4.69, 9.17) is 4.74 Å². The zero-order valence-electron chi connectivity index (χ0n) is 17.1. The van der Waals surface area contributed by atoms with Crippen molar-refractivity contribution in [3.63, 3.8) is 0 Å². The largest absolute Gasteiger partial charge is 0.496 e. The lowest BCUT2D eigenvalue weighted by Gasteiger charge is -2.09. The van der Waals surface area contributed by atoms with Gasteiger partial charge in [-0.05, 0) is 49.7 Å². The molecule has 0 radical (unpaired) electrons. The molecule has 0 unspecified atom stereocenters. The van der Waals surface area contributed by atoms with Crippen molar-refractivity contribution in [1.82, 2.24) is 9.97 Å². The van der Waals surface area contributed by atoms with Gasteiger partial charge in [0.05, 0.1) is 12.5 Å². The molecule has 2 heterocycles. The van der Waals surface area contributed by atoms with Gasteiger partial charge in [0.1, 0.15) is 16.4 Å². The average molecular weight is 455 g/mol. The number of aryl methyl sites for hydroxylation is 1. The standard InChI is InChI=1S/C23H19FN2O3S2/c1-12(27)15-6-9-18(29-3)16(10-15)11-30-23-25-21(28)20-19(13(2)31-22(20)26-23)14-4-7-17(24)8-5-14/h4-10H,11H2,1-3H3,(H,25,26,28). The minimum absolute atomic E-state index is 0.0239. The number of ether oxygens (including phenoxy) is 1. The van der Waals surface area contributed by atoms with Crippen LogP contribution in [0.5, 0.6) is 5.75 Å². The number of ketones is 1. The SMILES string of the molecule is COc1ccc(C(C)=O)cc1CSc1nc2sc(C)c(-c3ccc(F)cc3)c2c(=O)[nH]1. The van der Waals surface area contributed by atoms with Crippen molar-refractivity contribution in [2.75, 3.05) is 7.11 Å². The molecule has 31 heavy (non-hydrogen) atoms. The van der Waals surface area contributed by atoms with Gasteiger partial charge in [-0.15, -0.1) is 11.3 Å². The number of H-pyrrole nitrogens is 1. The first-order valence-corrected chi connectivity index (χ1v) is 11.3. The number of hydrogen-bond donors (Lipinski definition) is 1. The number of carbonyl (C=O) groups excluding carboxylic acids is 1. The monoisotopic (exact) mass is 454 g/mol. The molecular formula is C23H19FN2O3S2. The summed E-state index contributed by atoms with van der Waals surface area (Å²) >= 11 is 2.80. The van der Waals surface area contributed by atoms with Crippen molar-refractivity contribution in [3.05, 3.63) is 74.6 Å². The van der Waals surface area contributed by atoms with Crippen LogP contribution in [-0.2, 0) is 5.75 Å². The number of thiophene rings is 1. The molecule has 0 aliphatic rings. The first-order chi connectivity index (χ1) is 14.9. The van der Waals surface area contributed by atoms with Gasteiger partial charge in [-0.3, -0.25) is 9.59 Å². The van der Waals surface area contributed by atoms with Crippen molar-refractivity contribution < 1.29 is 13.9 Å². The van der Waals surface area contributed by atoms with Crippen LogP contribution in [0, 0.1) is 12.7 Å². The summed E-state index contributed by atoms with van der Waals surface area (Å²) in [6.07, 6.45) is 0. The molecule has 0 saturated carbocycles. The zero-order valence-corrected chi connectivity index (χ0v) is 18.7. The molecule has 0 fully saturated rings. The van der Waals surface area contributed by atoms with Crippen LogP contribution >= 0.6 is 23.1 Å². The number of fused-ring (bicyclic) bond motifs is 1. The van der Waals surface area contributed by atoms with Crippen molar-refractivity contribution in [2.24, 2.45) is 0 Å². The number of halogens is 1. The summed E-state index contributed by atoms with van der Waals surface area (Å²) in [6.45, 7) is 3.44. The van der Waals surface area contributed by atoms with Crippen LogP contribution in [0.4, 0.5) is 4.39 Å². The molecule has 2 aromatic heterocycles. The fourth-order valence-corrected chi connectivity index (χ4v) is 5.33. The quantitative estimate of drug-likeness (QED) is 0.233. The third-order valence-corrected chi connectivity index (χ3v) is 6.82. The van der Waals surface area contributed by atoms with Crippen LogP contribution in [0.2, 0.25) is 0 Å². The highest BCUT2D eigenvalue weighted by Gasteiger charge is 2.17. The second-order valence-corrected chi connectivity index (χ2v) is 9.13. The number of methoxy groups -OCH3 is 1. The maximum Gasteiger partial charge on any atom is 0.260 e. The molecule has 158 valence electrons. The van der Waals surface area contributed by atoms with E-state index in [1.165, 1.54) is 42.2 Å². The molecular weight excluding hydrogens is 435 g/mol. The lowest BCUT2D eigenvalue weighted by Crippen LogP contribution is -2.09. The summed E-state index contributed by atoms with van der Waals surface area (Å²) in [6, 6.07) is 11.4. The van der Waals surface area contributed by atoms with Gasteiger partial charge >= 0.3 is 0 Å². The number of hydrogen-bond acceptors (Lipinski definition) is 6. The van der Waals surface area contributed by atoms with Crippen LogP contribution in [0.15, 0.2) is 52.4 Å². The van der Waals surface area contributed by atoms with Gasteiger partial charge in [-0.25, -0.2) is 9.37 Å². The number of carbonyl (C=O) groups is 1. The summed E-state index contributed by atoms with van der Waals surface area (Å²) in [5, 5.41) is 0.995. The number of thioether (sulfide) groups is 1.